The van der Waals surface area contributed by atoms with Crippen molar-refractivity contribution in [2.24, 2.45) is 5.92 Å². The zero-order chi connectivity index (χ0) is 15.3. The van der Waals surface area contributed by atoms with Crippen molar-refractivity contribution < 1.29 is 23.8 Å². The van der Waals surface area contributed by atoms with Gasteiger partial charge in [-0.15, -0.1) is 0 Å². The van der Waals surface area contributed by atoms with Crippen molar-refractivity contribution in [1.29, 1.82) is 0 Å². The van der Waals surface area contributed by atoms with Crippen LogP contribution in [0.1, 0.15) is 44.1 Å². The number of hydrogen-bond donors (Lipinski definition) is 2. The Morgan fingerprint density at radius 1 is 1.50 bits per heavy atom. The van der Waals surface area contributed by atoms with Gasteiger partial charge in [-0.05, 0) is 26.7 Å². The highest BCUT2D eigenvalue weighted by Crippen LogP contribution is 2.09. The fourth-order valence-electron chi connectivity index (χ4n) is 1.44. The van der Waals surface area contributed by atoms with Gasteiger partial charge in [0.25, 0.3) is 0 Å². The Kier molecular flexibility index (Phi) is 5.12. The summed E-state index contributed by atoms with van der Waals surface area (Å²) in [5, 5.41) is 11.4. The highest BCUT2D eigenvalue weighted by molar-refractivity contribution is 5.84. The molecule has 112 valence electrons. The van der Waals surface area contributed by atoms with Crippen LogP contribution in [0.2, 0.25) is 0 Å². The molecule has 0 aliphatic carbocycles. The second-order valence-corrected chi connectivity index (χ2v) is 5.62. The molecule has 0 aliphatic rings. The molecule has 1 heterocycles. The van der Waals surface area contributed by atoms with Gasteiger partial charge >= 0.3 is 12.1 Å². The molecule has 1 atom stereocenters. The minimum Gasteiger partial charge on any atom is -0.476 e. The third-order valence-electron chi connectivity index (χ3n) is 2.29. The first kappa shape index (κ1) is 16.0. The first-order chi connectivity index (χ1) is 9.17. The zero-order valence-electron chi connectivity index (χ0n) is 12.1. The van der Waals surface area contributed by atoms with Crippen LogP contribution in [0.15, 0.2) is 10.7 Å². The highest BCUT2D eigenvalue weighted by Gasteiger charge is 2.17. The molecular weight excluding hydrogens is 264 g/mol. The Hall–Kier alpha value is -2.05. The predicted octanol–water partition coefficient (Wildman–Crippen LogP) is 2.08. The van der Waals surface area contributed by atoms with Gasteiger partial charge in [0, 0.05) is 13.0 Å². The third kappa shape index (κ3) is 5.73. The van der Waals surface area contributed by atoms with Gasteiger partial charge in [-0.1, -0.05) is 6.92 Å². The summed E-state index contributed by atoms with van der Waals surface area (Å²) in [6.45, 7) is 7.64. The third-order valence-corrected chi connectivity index (χ3v) is 2.29. The van der Waals surface area contributed by atoms with Crippen LogP contribution in [0.3, 0.4) is 0 Å². The molecule has 0 saturated heterocycles. The van der Waals surface area contributed by atoms with Gasteiger partial charge in [-0.3, -0.25) is 0 Å². The SMILES string of the molecule is CC(CNC(=O)OC(C)(C)C)Cc1nc(C(=O)O)co1. The lowest BCUT2D eigenvalue weighted by Crippen LogP contribution is -2.35. The molecule has 1 amide bonds. The maximum atomic E-state index is 11.5. The van der Waals surface area contributed by atoms with E-state index >= 15 is 0 Å². The van der Waals surface area contributed by atoms with Crippen molar-refractivity contribution in [3.63, 3.8) is 0 Å². The summed E-state index contributed by atoms with van der Waals surface area (Å²) in [5.74, 6) is -0.747. The van der Waals surface area contributed by atoms with Crippen LogP contribution < -0.4 is 5.32 Å². The summed E-state index contributed by atoms with van der Waals surface area (Å²) in [5.41, 5.74) is -0.654. The molecule has 0 aromatic carbocycles. The van der Waals surface area contributed by atoms with Crippen LogP contribution in [-0.2, 0) is 11.2 Å². The number of alkyl carbamates (subject to hydrolysis) is 1. The number of ether oxygens (including phenoxy) is 1. The number of carboxylic acid groups (broad SMARTS) is 1. The van der Waals surface area contributed by atoms with Gasteiger partial charge < -0.3 is 19.6 Å². The normalized spacial score (nSPS) is 12.8. The van der Waals surface area contributed by atoms with Crippen molar-refractivity contribution in [2.75, 3.05) is 6.54 Å². The minimum absolute atomic E-state index is 0.0443. The molecule has 0 aliphatic heterocycles. The monoisotopic (exact) mass is 284 g/mol. The Labute approximate surface area is 117 Å². The second-order valence-electron chi connectivity index (χ2n) is 5.62. The Balaban J connectivity index is 2.38. The molecule has 1 aromatic heterocycles. The number of nitrogens with zero attached hydrogens (tertiary/aromatic N) is 1. The number of hydrogen-bond acceptors (Lipinski definition) is 5. The lowest BCUT2D eigenvalue weighted by molar-refractivity contribution is 0.0519. The summed E-state index contributed by atoms with van der Waals surface area (Å²) < 4.78 is 10.2. The van der Waals surface area contributed by atoms with E-state index in [1.54, 1.807) is 20.8 Å². The molecule has 1 aromatic rings. The average molecular weight is 284 g/mol. The van der Waals surface area contributed by atoms with Crippen molar-refractivity contribution in [3.8, 4) is 0 Å². The lowest BCUT2D eigenvalue weighted by atomic mass is 10.1. The maximum Gasteiger partial charge on any atom is 0.407 e. The number of amides is 1. The molecule has 0 saturated carbocycles. The molecule has 1 unspecified atom stereocenters. The van der Waals surface area contributed by atoms with E-state index < -0.39 is 17.7 Å². The summed E-state index contributed by atoms with van der Waals surface area (Å²) in [4.78, 5) is 25.9. The van der Waals surface area contributed by atoms with Crippen molar-refractivity contribution >= 4 is 12.1 Å². The smallest absolute Gasteiger partial charge is 0.407 e. The molecule has 0 fully saturated rings. The number of aromatic nitrogens is 1. The topological polar surface area (TPSA) is 102 Å². The van der Waals surface area contributed by atoms with E-state index in [2.05, 4.69) is 10.3 Å². The van der Waals surface area contributed by atoms with Crippen molar-refractivity contribution in [3.05, 3.63) is 17.8 Å². The number of rotatable bonds is 5. The lowest BCUT2D eigenvalue weighted by Gasteiger charge is -2.20. The van der Waals surface area contributed by atoms with Crippen LogP contribution in [0, 0.1) is 5.92 Å². The van der Waals surface area contributed by atoms with Crippen molar-refractivity contribution in [1.82, 2.24) is 10.3 Å². The average Bonchev–Trinajstić information content (AvgIpc) is 2.72. The van der Waals surface area contributed by atoms with E-state index in [-0.39, 0.29) is 11.6 Å². The number of carbonyl (C=O) groups excluding carboxylic acids is 1. The number of carboxylic acids is 1. The fraction of sp³-hybridized carbons (Fsp3) is 0.615. The number of nitrogens with one attached hydrogen (secondary N) is 1. The van der Waals surface area contributed by atoms with E-state index in [4.69, 9.17) is 14.3 Å². The second kappa shape index (κ2) is 6.40. The number of aromatic carboxylic acids is 1. The summed E-state index contributed by atoms with van der Waals surface area (Å²) in [6.07, 6.45) is 1.05. The standard InChI is InChI=1S/C13H20N2O5/c1-8(6-14-12(18)20-13(2,3)4)5-10-15-9(7-19-10)11(16)17/h7-8H,5-6H2,1-4H3,(H,14,18)(H,16,17). The fourth-order valence-corrected chi connectivity index (χ4v) is 1.44. The number of oxazole rings is 1. The van der Waals surface area contributed by atoms with Crippen LogP contribution in [0.25, 0.3) is 0 Å². The zero-order valence-corrected chi connectivity index (χ0v) is 12.1. The highest BCUT2D eigenvalue weighted by atomic mass is 16.6. The quantitative estimate of drug-likeness (QED) is 0.858. The minimum atomic E-state index is -1.13. The molecule has 0 bridgehead atoms. The van der Waals surface area contributed by atoms with Crippen LogP contribution in [0.5, 0.6) is 0 Å². The van der Waals surface area contributed by atoms with Gasteiger partial charge in [-0.25, -0.2) is 14.6 Å². The van der Waals surface area contributed by atoms with Gasteiger partial charge in [0.05, 0.1) is 0 Å². The first-order valence-corrected chi connectivity index (χ1v) is 6.32. The van der Waals surface area contributed by atoms with E-state index in [1.165, 1.54) is 0 Å². The van der Waals surface area contributed by atoms with Crippen molar-refractivity contribution in [2.45, 2.75) is 39.7 Å². The molecule has 7 nitrogen and oxygen atoms in total. The van der Waals surface area contributed by atoms with Gasteiger partial charge in [0.1, 0.15) is 11.9 Å². The maximum absolute atomic E-state index is 11.5. The van der Waals surface area contributed by atoms with Gasteiger partial charge in [0.2, 0.25) is 0 Å². The van der Waals surface area contributed by atoms with E-state index in [1.807, 2.05) is 6.92 Å². The molecule has 0 spiro atoms. The van der Waals surface area contributed by atoms with Crippen LogP contribution in [0.4, 0.5) is 4.79 Å². The number of carbonyl (C=O) groups is 2. The van der Waals surface area contributed by atoms with E-state index in [0.717, 1.165) is 6.26 Å². The Morgan fingerprint density at radius 3 is 2.65 bits per heavy atom. The van der Waals surface area contributed by atoms with E-state index in [0.29, 0.717) is 18.9 Å². The summed E-state index contributed by atoms with van der Waals surface area (Å²) in [7, 11) is 0. The molecule has 1 rings (SSSR count). The molecule has 0 radical (unpaired) electrons. The molecule has 20 heavy (non-hydrogen) atoms. The Bertz CT molecular complexity index is 475. The Morgan fingerprint density at radius 2 is 2.15 bits per heavy atom. The molecule has 2 N–H and O–H groups in total. The largest absolute Gasteiger partial charge is 0.476 e. The molecule has 7 heteroatoms. The van der Waals surface area contributed by atoms with Crippen LogP contribution in [-0.4, -0.2) is 34.3 Å². The van der Waals surface area contributed by atoms with E-state index in [9.17, 15) is 9.59 Å². The van der Waals surface area contributed by atoms with Crippen LogP contribution >= 0.6 is 0 Å². The first-order valence-electron chi connectivity index (χ1n) is 6.32. The summed E-state index contributed by atoms with van der Waals surface area (Å²) in [6, 6.07) is 0. The summed E-state index contributed by atoms with van der Waals surface area (Å²) >= 11 is 0. The molecular formula is C13H20N2O5. The van der Waals surface area contributed by atoms with Gasteiger partial charge in [0.15, 0.2) is 11.6 Å². The predicted molar refractivity (Wildman–Crippen MR) is 70.6 cm³/mol. The van der Waals surface area contributed by atoms with Gasteiger partial charge in [-0.2, -0.15) is 0 Å².